The molecular formula is C13H14BrN3. The van der Waals surface area contributed by atoms with Crippen LogP contribution in [-0.4, -0.2) is 17.0 Å². The molecule has 2 rings (SSSR count). The summed E-state index contributed by atoms with van der Waals surface area (Å²) in [5, 5.41) is 3.03. The van der Waals surface area contributed by atoms with Crippen LogP contribution in [0.2, 0.25) is 0 Å². The Hall–Kier alpha value is -1.42. The van der Waals surface area contributed by atoms with Crippen molar-refractivity contribution in [1.82, 2.24) is 9.97 Å². The van der Waals surface area contributed by atoms with Gasteiger partial charge in [0, 0.05) is 18.8 Å². The van der Waals surface area contributed by atoms with Gasteiger partial charge in [0.1, 0.15) is 5.82 Å². The Balaban J connectivity index is 2.49. The van der Waals surface area contributed by atoms with E-state index in [0.29, 0.717) is 0 Å². The van der Waals surface area contributed by atoms with Gasteiger partial charge in [-0.3, -0.25) is 0 Å². The first kappa shape index (κ1) is 12.0. The maximum atomic E-state index is 4.46. The first-order chi connectivity index (χ1) is 8.11. The molecule has 0 saturated heterocycles. The van der Waals surface area contributed by atoms with E-state index >= 15 is 0 Å². The van der Waals surface area contributed by atoms with Crippen LogP contribution in [0.25, 0.3) is 11.4 Å². The number of halogens is 1. The Morgan fingerprint density at radius 3 is 2.59 bits per heavy atom. The number of hydrogen-bond acceptors (Lipinski definition) is 3. The van der Waals surface area contributed by atoms with E-state index in [1.807, 2.05) is 13.1 Å². The van der Waals surface area contributed by atoms with Crippen LogP contribution in [0.3, 0.4) is 0 Å². The number of aromatic nitrogens is 2. The van der Waals surface area contributed by atoms with Gasteiger partial charge in [0.05, 0.1) is 4.47 Å². The van der Waals surface area contributed by atoms with Crippen LogP contribution < -0.4 is 5.32 Å². The normalized spacial score (nSPS) is 10.4. The average Bonchev–Trinajstić information content (AvgIpc) is 2.33. The predicted octanol–water partition coefficient (Wildman–Crippen LogP) is 3.56. The van der Waals surface area contributed by atoms with Crippen molar-refractivity contribution in [1.29, 1.82) is 0 Å². The number of nitrogens with zero attached hydrogens (tertiary/aromatic N) is 2. The molecule has 88 valence electrons. The quantitative estimate of drug-likeness (QED) is 0.919. The summed E-state index contributed by atoms with van der Waals surface area (Å²) in [7, 11) is 1.84. The van der Waals surface area contributed by atoms with Crippen LogP contribution in [0.5, 0.6) is 0 Å². The fourth-order valence-corrected chi connectivity index (χ4v) is 1.95. The summed E-state index contributed by atoms with van der Waals surface area (Å²) in [6.45, 7) is 4.19. The molecule has 0 radical (unpaired) electrons. The van der Waals surface area contributed by atoms with Gasteiger partial charge in [0.25, 0.3) is 0 Å². The lowest BCUT2D eigenvalue weighted by Crippen LogP contribution is -1.98. The third kappa shape index (κ3) is 2.47. The van der Waals surface area contributed by atoms with Crippen molar-refractivity contribution in [2.24, 2.45) is 0 Å². The summed E-state index contributed by atoms with van der Waals surface area (Å²) in [5.74, 6) is 1.54. The second kappa shape index (κ2) is 4.84. The predicted molar refractivity (Wildman–Crippen MR) is 74.2 cm³/mol. The van der Waals surface area contributed by atoms with Crippen molar-refractivity contribution in [2.75, 3.05) is 12.4 Å². The molecule has 4 heteroatoms. The Morgan fingerprint density at radius 2 is 1.94 bits per heavy atom. The largest absolute Gasteiger partial charge is 0.372 e. The van der Waals surface area contributed by atoms with E-state index in [0.717, 1.165) is 21.7 Å². The van der Waals surface area contributed by atoms with Gasteiger partial charge in [-0.05, 0) is 47.0 Å². The minimum Gasteiger partial charge on any atom is -0.372 e. The van der Waals surface area contributed by atoms with Crippen LogP contribution >= 0.6 is 15.9 Å². The first-order valence-corrected chi connectivity index (χ1v) is 6.19. The first-order valence-electron chi connectivity index (χ1n) is 5.39. The molecule has 17 heavy (non-hydrogen) atoms. The second-order valence-electron chi connectivity index (χ2n) is 3.94. The number of anilines is 1. The van der Waals surface area contributed by atoms with E-state index in [9.17, 15) is 0 Å². The highest BCUT2D eigenvalue weighted by Crippen LogP contribution is 2.24. The zero-order valence-corrected chi connectivity index (χ0v) is 11.7. The summed E-state index contributed by atoms with van der Waals surface area (Å²) in [6.07, 6.45) is 1.77. The number of benzene rings is 1. The number of hydrogen-bond donors (Lipinski definition) is 1. The van der Waals surface area contributed by atoms with Crippen molar-refractivity contribution < 1.29 is 0 Å². The van der Waals surface area contributed by atoms with Gasteiger partial charge in [0.15, 0.2) is 5.82 Å². The van der Waals surface area contributed by atoms with Gasteiger partial charge in [-0.2, -0.15) is 0 Å². The summed E-state index contributed by atoms with van der Waals surface area (Å²) < 4.78 is 0.868. The minimum absolute atomic E-state index is 0.737. The molecule has 0 aliphatic heterocycles. The molecule has 0 atom stereocenters. The topological polar surface area (TPSA) is 37.8 Å². The number of aryl methyl sites for hydroxylation is 2. The van der Waals surface area contributed by atoms with Gasteiger partial charge in [-0.1, -0.05) is 12.1 Å². The molecule has 0 amide bonds. The lowest BCUT2D eigenvalue weighted by atomic mass is 10.1. The monoisotopic (exact) mass is 291 g/mol. The fourth-order valence-electron chi connectivity index (χ4n) is 1.56. The van der Waals surface area contributed by atoms with Crippen LogP contribution in [-0.2, 0) is 0 Å². The highest BCUT2D eigenvalue weighted by Gasteiger charge is 2.06. The Kier molecular flexibility index (Phi) is 3.43. The van der Waals surface area contributed by atoms with Gasteiger partial charge in [0.2, 0.25) is 0 Å². The number of nitrogens with one attached hydrogen (secondary N) is 1. The van der Waals surface area contributed by atoms with E-state index in [2.05, 4.69) is 57.2 Å². The van der Waals surface area contributed by atoms with Gasteiger partial charge in [-0.25, -0.2) is 9.97 Å². The van der Waals surface area contributed by atoms with Crippen LogP contribution in [0.4, 0.5) is 5.82 Å². The molecule has 0 saturated carbocycles. The third-order valence-electron chi connectivity index (χ3n) is 2.75. The zero-order chi connectivity index (χ0) is 12.4. The molecule has 0 aliphatic rings. The fraction of sp³-hybridized carbons (Fsp3) is 0.231. The van der Waals surface area contributed by atoms with Gasteiger partial charge in [-0.15, -0.1) is 0 Å². The number of rotatable bonds is 2. The molecule has 0 spiro atoms. The smallest absolute Gasteiger partial charge is 0.161 e. The maximum absolute atomic E-state index is 4.46. The highest BCUT2D eigenvalue weighted by molar-refractivity contribution is 9.10. The van der Waals surface area contributed by atoms with Crippen molar-refractivity contribution >= 4 is 21.7 Å². The Bertz CT molecular complexity index is 552. The molecule has 3 nitrogen and oxygen atoms in total. The van der Waals surface area contributed by atoms with Crippen molar-refractivity contribution in [3.63, 3.8) is 0 Å². The standard InChI is InChI=1S/C13H14BrN3/c1-8-4-5-10(6-9(8)2)12-16-7-11(14)13(15-3)17-12/h4-7H,1-3H3,(H,15,16,17). The van der Waals surface area contributed by atoms with E-state index in [1.165, 1.54) is 11.1 Å². The summed E-state index contributed by atoms with van der Waals surface area (Å²) in [5.41, 5.74) is 3.57. The van der Waals surface area contributed by atoms with Gasteiger partial charge < -0.3 is 5.32 Å². The van der Waals surface area contributed by atoms with E-state index in [4.69, 9.17) is 0 Å². The molecule has 1 heterocycles. The van der Waals surface area contributed by atoms with Crippen molar-refractivity contribution in [3.05, 3.63) is 40.0 Å². The van der Waals surface area contributed by atoms with Gasteiger partial charge >= 0.3 is 0 Å². The third-order valence-corrected chi connectivity index (χ3v) is 3.33. The van der Waals surface area contributed by atoms with E-state index in [1.54, 1.807) is 6.20 Å². The highest BCUT2D eigenvalue weighted by atomic mass is 79.9. The van der Waals surface area contributed by atoms with Crippen molar-refractivity contribution in [2.45, 2.75) is 13.8 Å². The molecule has 0 fully saturated rings. The molecular weight excluding hydrogens is 278 g/mol. The molecule has 2 aromatic rings. The summed E-state index contributed by atoms with van der Waals surface area (Å²) in [6, 6.07) is 6.25. The van der Waals surface area contributed by atoms with Crippen molar-refractivity contribution in [3.8, 4) is 11.4 Å². The summed E-state index contributed by atoms with van der Waals surface area (Å²) in [4.78, 5) is 8.79. The molecule has 0 bridgehead atoms. The average molecular weight is 292 g/mol. The lowest BCUT2D eigenvalue weighted by Gasteiger charge is -2.07. The molecule has 0 unspecified atom stereocenters. The maximum Gasteiger partial charge on any atom is 0.161 e. The molecule has 1 N–H and O–H groups in total. The minimum atomic E-state index is 0.737. The zero-order valence-electron chi connectivity index (χ0n) is 10.1. The van der Waals surface area contributed by atoms with Crippen LogP contribution in [0, 0.1) is 13.8 Å². The van der Waals surface area contributed by atoms with E-state index < -0.39 is 0 Å². The Morgan fingerprint density at radius 1 is 1.18 bits per heavy atom. The van der Waals surface area contributed by atoms with E-state index in [-0.39, 0.29) is 0 Å². The molecule has 0 aliphatic carbocycles. The second-order valence-corrected chi connectivity index (χ2v) is 4.79. The Labute approximate surface area is 109 Å². The summed E-state index contributed by atoms with van der Waals surface area (Å²) >= 11 is 3.40. The lowest BCUT2D eigenvalue weighted by molar-refractivity contribution is 1.15. The molecule has 1 aromatic carbocycles. The molecule has 1 aromatic heterocycles. The van der Waals surface area contributed by atoms with Crippen LogP contribution in [0.1, 0.15) is 11.1 Å². The SMILES string of the molecule is CNc1nc(-c2ccc(C)c(C)c2)ncc1Br. The van der Waals surface area contributed by atoms with Crippen LogP contribution in [0.15, 0.2) is 28.9 Å².